The van der Waals surface area contributed by atoms with Gasteiger partial charge in [0.1, 0.15) is 0 Å². The standard InChI is InChI=1S/C8H21NOP2/c1-10-6-2-3-9(4-7-11)5-8-12/h2-8,11-12H2,1H3. The van der Waals surface area contributed by atoms with E-state index in [4.69, 9.17) is 4.74 Å². The molecule has 74 valence electrons. The summed E-state index contributed by atoms with van der Waals surface area (Å²) in [5, 5.41) is 0. The van der Waals surface area contributed by atoms with E-state index in [1.807, 2.05) is 0 Å². The first-order valence-electron chi connectivity index (χ1n) is 4.46. The van der Waals surface area contributed by atoms with Gasteiger partial charge in [-0.25, -0.2) is 0 Å². The Morgan fingerprint density at radius 3 is 2.08 bits per heavy atom. The van der Waals surface area contributed by atoms with E-state index in [0.29, 0.717) is 0 Å². The summed E-state index contributed by atoms with van der Waals surface area (Å²) in [5.41, 5.74) is 0. The molecule has 0 aromatic heterocycles. The Morgan fingerprint density at radius 1 is 1.08 bits per heavy atom. The summed E-state index contributed by atoms with van der Waals surface area (Å²) in [4.78, 5) is 2.47. The van der Waals surface area contributed by atoms with Crippen molar-refractivity contribution in [2.45, 2.75) is 6.42 Å². The molecule has 0 aromatic carbocycles. The van der Waals surface area contributed by atoms with Crippen molar-refractivity contribution in [3.63, 3.8) is 0 Å². The molecular formula is C8H21NOP2. The molecule has 0 spiro atoms. The smallest absolute Gasteiger partial charge is 0.0474 e. The molecule has 2 atom stereocenters. The number of methoxy groups -OCH3 is 1. The minimum absolute atomic E-state index is 0.879. The van der Waals surface area contributed by atoms with E-state index in [-0.39, 0.29) is 0 Å². The summed E-state index contributed by atoms with van der Waals surface area (Å²) in [6, 6.07) is 0. The van der Waals surface area contributed by atoms with Crippen LogP contribution in [0, 0.1) is 0 Å². The predicted molar refractivity (Wildman–Crippen MR) is 62.1 cm³/mol. The van der Waals surface area contributed by atoms with Crippen LogP contribution in [-0.2, 0) is 4.74 Å². The topological polar surface area (TPSA) is 12.5 Å². The number of hydrogen-bond donors (Lipinski definition) is 0. The minimum Gasteiger partial charge on any atom is -0.385 e. The van der Waals surface area contributed by atoms with E-state index in [2.05, 4.69) is 23.4 Å². The van der Waals surface area contributed by atoms with Crippen LogP contribution in [0.1, 0.15) is 6.42 Å². The lowest BCUT2D eigenvalue weighted by Crippen LogP contribution is -2.29. The molecule has 0 rings (SSSR count). The van der Waals surface area contributed by atoms with Gasteiger partial charge >= 0.3 is 0 Å². The summed E-state index contributed by atoms with van der Waals surface area (Å²) in [6.07, 6.45) is 3.47. The molecule has 0 heterocycles. The minimum atomic E-state index is 0.879. The zero-order chi connectivity index (χ0) is 9.23. The van der Waals surface area contributed by atoms with Gasteiger partial charge in [0.05, 0.1) is 0 Å². The Labute approximate surface area is 80.8 Å². The number of nitrogens with zero attached hydrogens (tertiary/aromatic N) is 1. The van der Waals surface area contributed by atoms with Gasteiger partial charge < -0.3 is 9.64 Å². The molecule has 0 fully saturated rings. The predicted octanol–water partition coefficient (Wildman–Crippen LogP) is 1.08. The van der Waals surface area contributed by atoms with Gasteiger partial charge in [0.15, 0.2) is 0 Å². The van der Waals surface area contributed by atoms with Crippen molar-refractivity contribution in [1.82, 2.24) is 4.90 Å². The average Bonchev–Trinajstić information content (AvgIpc) is 2.06. The molecule has 0 amide bonds. The van der Waals surface area contributed by atoms with Crippen LogP contribution in [0.15, 0.2) is 0 Å². The second-order valence-electron chi connectivity index (χ2n) is 2.77. The zero-order valence-corrected chi connectivity index (χ0v) is 10.3. The molecule has 0 aliphatic heterocycles. The van der Waals surface area contributed by atoms with Gasteiger partial charge in [-0.1, -0.05) is 0 Å². The average molecular weight is 209 g/mol. The molecule has 0 saturated carbocycles. The van der Waals surface area contributed by atoms with Gasteiger partial charge in [0, 0.05) is 33.4 Å². The lowest BCUT2D eigenvalue weighted by Gasteiger charge is -2.20. The van der Waals surface area contributed by atoms with Crippen molar-refractivity contribution in [1.29, 1.82) is 0 Å². The van der Waals surface area contributed by atoms with Crippen molar-refractivity contribution >= 4 is 18.5 Å². The van der Waals surface area contributed by atoms with E-state index in [9.17, 15) is 0 Å². The SMILES string of the molecule is COCCCN(CCP)CCP. The van der Waals surface area contributed by atoms with Crippen molar-refractivity contribution in [2.75, 3.05) is 45.7 Å². The molecule has 2 unspecified atom stereocenters. The van der Waals surface area contributed by atoms with Crippen LogP contribution in [0.3, 0.4) is 0 Å². The van der Waals surface area contributed by atoms with Gasteiger partial charge in [0.2, 0.25) is 0 Å². The normalized spacial score (nSPS) is 11.0. The van der Waals surface area contributed by atoms with Crippen LogP contribution in [0.4, 0.5) is 0 Å². The highest BCUT2D eigenvalue weighted by molar-refractivity contribution is 7.16. The van der Waals surface area contributed by atoms with E-state index in [0.717, 1.165) is 31.9 Å². The molecule has 12 heavy (non-hydrogen) atoms. The summed E-state index contributed by atoms with van der Waals surface area (Å²) in [6.45, 7) is 4.41. The number of hydrogen-bond acceptors (Lipinski definition) is 2. The third-order valence-electron chi connectivity index (χ3n) is 1.71. The van der Waals surface area contributed by atoms with Crippen LogP contribution in [0.25, 0.3) is 0 Å². The van der Waals surface area contributed by atoms with E-state index in [1.165, 1.54) is 13.1 Å². The van der Waals surface area contributed by atoms with Gasteiger partial charge in [-0.2, -0.15) is 0 Å². The van der Waals surface area contributed by atoms with Gasteiger partial charge in [-0.05, 0) is 18.7 Å². The second-order valence-corrected chi connectivity index (χ2v) is 3.92. The molecule has 0 aliphatic rings. The molecule has 0 aliphatic carbocycles. The number of rotatable bonds is 8. The van der Waals surface area contributed by atoms with Crippen LogP contribution < -0.4 is 0 Å². The highest BCUT2D eigenvalue weighted by Crippen LogP contribution is 1.96. The van der Waals surface area contributed by atoms with E-state index >= 15 is 0 Å². The number of ether oxygens (including phenoxy) is 1. The fraction of sp³-hybridized carbons (Fsp3) is 1.00. The van der Waals surface area contributed by atoms with Gasteiger partial charge in [-0.15, -0.1) is 18.5 Å². The Kier molecular flexibility index (Phi) is 10.5. The highest BCUT2D eigenvalue weighted by atomic mass is 31.0. The summed E-state index contributed by atoms with van der Waals surface area (Å²) in [7, 11) is 7.30. The molecule has 0 bridgehead atoms. The third kappa shape index (κ3) is 7.43. The largest absolute Gasteiger partial charge is 0.385 e. The molecule has 4 heteroatoms. The first-order valence-corrected chi connectivity index (χ1v) is 6.10. The fourth-order valence-corrected chi connectivity index (χ4v) is 1.86. The maximum absolute atomic E-state index is 5.01. The summed E-state index contributed by atoms with van der Waals surface area (Å²) < 4.78 is 5.01. The Hall–Kier alpha value is 0.780. The fourth-order valence-electron chi connectivity index (χ4n) is 1.13. The molecule has 2 nitrogen and oxygen atoms in total. The van der Waals surface area contributed by atoms with Gasteiger partial charge in [-0.3, -0.25) is 0 Å². The van der Waals surface area contributed by atoms with E-state index < -0.39 is 0 Å². The maximum Gasteiger partial charge on any atom is 0.0474 e. The first kappa shape index (κ1) is 12.8. The molecule has 0 saturated heterocycles. The highest BCUT2D eigenvalue weighted by Gasteiger charge is 2.00. The Balaban J connectivity index is 3.34. The monoisotopic (exact) mass is 209 g/mol. The Bertz CT molecular complexity index is 87.1. The summed E-state index contributed by atoms with van der Waals surface area (Å²) >= 11 is 0. The second kappa shape index (κ2) is 9.86. The summed E-state index contributed by atoms with van der Waals surface area (Å²) in [5.74, 6) is 0. The maximum atomic E-state index is 5.01. The van der Waals surface area contributed by atoms with Gasteiger partial charge in [0.25, 0.3) is 0 Å². The zero-order valence-electron chi connectivity index (χ0n) is 7.96. The van der Waals surface area contributed by atoms with Crippen LogP contribution in [0.2, 0.25) is 0 Å². The van der Waals surface area contributed by atoms with Crippen molar-refractivity contribution in [2.24, 2.45) is 0 Å². The lowest BCUT2D eigenvalue weighted by molar-refractivity contribution is 0.176. The van der Waals surface area contributed by atoms with E-state index in [1.54, 1.807) is 7.11 Å². The molecule has 0 aromatic rings. The Morgan fingerprint density at radius 2 is 1.67 bits per heavy atom. The lowest BCUT2D eigenvalue weighted by atomic mass is 10.4. The third-order valence-corrected chi connectivity index (χ3v) is 2.23. The van der Waals surface area contributed by atoms with Crippen LogP contribution >= 0.6 is 18.5 Å². The van der Waals surface area contributed by atoms with Crippen LogP contribution in [-0.4, -0.2) is 50.6 Å². The molecule has 0 N–H and O–H groups in total. The first-order chi connectivity index (χ1) is 5.85. The quantitative estimate of drug-likeness (QED) is 0.438. The molecular weight excluding hydrogens is 188 g/mol. The van der Waals surface area contributed by atoms with Crippen molar-refractivity contribution in [3.8, 4) is 0 Å². The van der Waals surface area contributed by atoms with Crippen LogP contribution in [0.5, 0.6) is 0 Å². The molecule has 0 radical (unpaired) electrons. The van der Waals surface area contributed by atoms with Crippen molar-refractivity contribution < 1.29 is 4.74 Å². The van der Waals surface area contributed by atoms with Crippen molar-refractivity contribution in [3.05, 3.63) is 0 Å².